The fraction of sp³-hybridized carbons (Fsp3) is 0.227. The summed E-state index contributed by atoms with van der Waals surface area (Å²) in [6, 6.07) is 14.9. The van der Waals surface area contributed by atoms with E-state index >= 15 is 0 Å². The van der Waals surface area contributed by atoms with E-state index in [0.29, 0.717) is 40.4 Å². The van der Waals surface area contributed by atoms with Crippen LogP contribution in [0.2, 0.25) is 0 Å². The minimum Gasteiger partial charge on any atom is -0.463 e. The minimum atomic E-state index is -0.221. The monoisotopic (exact) mass is 389 g/mol. The van der Waals surface area contributed by atoms with Crippen LogP contribution in [0, 0.1) is 0 Å². The predicted octanol–water partition coefficient (Wildman–Crippen LogP) is 4.06. The summed E-state index contributed by atoms with van der Waals surface area (Å²) in [5.74, 6) is 0.332. The third-order valence-electron chi connectivity index (χ3n) is 5.03. The number of carbonyl (C=O) groups is 1. The van der Waals surface area contributed by atoms with Crippen molar-refractivity contribution in [2.45, 2.75) is 18.9 Å². The highest BCUT2D eigenvalue weighted by Gasteiger charge is 2.24. The maximum atomic E-state index is 13.1. The zero-order valence-electron chi connectivity index (χ0n) is 15.6. The number of hydrogen-bond donors (Lipinski definition) is 1. The van der Waals surface area contributed by atoms with Gasteiger partial charge in [-0.05, 0) is 31.0 Å². The van der Waals surface area contributed by atoms with Gasteiger partial charge in [0.05, 0.1) is 23.3 Å². The first-order chi connectivity index (χ1) is 14.3. The van der Waals surface area contributed by atoms with Crippen molar-refractivity contribution in [3.63, 3.8) is 0 Å². The van der Waals surface area contributed by atoms with Crippen LogP contribution in [0.5, 0.6) is 0 Å². The summed E-state index contributed by atoms with van der Waals surface area (Å²) in [6.07, 6.45) is 3.59. The minimum absolute atomic E-state index is 0.0527. The van der Waals surface area contributed by atoms with E-state index in [1.165, 1.54) is 0 Å². The van der Waals surface area contributed by atoms with Crippen molar-refractivity contribution in [1.29, 1.82) is 0 Å². The molecule has 1 fully saturated rings. The van der Waals surface area contributed by atoms with Gasteiger partial charge in [0.2, 0.25) is 0 Å². The van der Waals surface area contributed by atoms with Gasteiger partial charge < -0.3 is 19.0 Å². The Labute approximate surface area is 166 Å². The summed E-state index contributed by atoms with van der Waals surface area (Å²) < 4.78 is 16.6. The normalized spacial score (nSPS) is 16.3. The smallest absolute Gasteiger partial charge is 0.259 e. The fourth-order valence-corrected chi connectivity index (χ4v) is 3.58. The van der Waals surface area contributed by atoms with Gasteiger partial charge in [-0.1, -0.05) is 35.5 Å². The number of furan rings is 1. The molecule has 1 saturated heterocycles. The molecule has 0 bridgehead atoms. The van der Waals surface area contributed by atoms with Crippen LogP contribution in [-0.2, 0) is 4.74 Å². The van der Waals surface area contributed by atoms with Crippen LogP contribution in [0.15, 0.2) is 63.7 Å². The van der Waals surface area contributed by atoms with E-state index in [1.807, 2.05) is 30.3 Å². The summed E-state index contributed by atoms with van der Waals surface area (Å²) in [5, 5.41) is 7.76. The summed E-state index contributed by atoms with van der Waals surface area (Å²) in [7, 11) is 0. The molecule has 7 heteroatoms. The van der Waals surface area contributed by atoms with Gasteiger partial charge in [0.15, 0.2) is 5.76 Å². The van der Waals surface area contributed by atoms with Gasteiger partial charge in [-0.2, -0.15) is 0 Å². The number of nitrogens with one attached hydrogen (secondary N) is 1. The van der Waals surface area contributed by atoms with Gasteiger partial charge in [0.25, 0.3) is 11.6 Å². The van der Waals surface area contributed by atoms with E-state index < -0.39 is 0 Å². The van der Waals surface area contributed by atoms with E-state index in [-0.39, 0.29) is 12.0 Å². The number of hydrogen-bond acceptors (Lipinski definition) is 6. The molecule has 0 spiro atoms. The number of pyridine rings is 1. The molecule has 7 nitrogen and oxygen atoms in total. The van der Waals surface area contributed by atoms with E-state index in [9.17, 15) is 4.79 Å². The molecule has 1 aliphatic rings. The zero-order valence-corrected chi connectivity index (χ0v) is 15.6. The number of fused-ring (bicyclic) bond motifs is 1. The van der Waals surface area contributed by atoms with Crippen LogP contribution in [-0.4, -0.2) is 35.3 Å². The Morgan fingerprint density at radius 3 is 2.83 bits per heavy atom. The number of amides is 1. The van der Waals surface area contributed by atoms with Crippen LogP contribution >= 0.6 is 0 Å². The standard InChI is InChI=1S/C22H19N3O4/c26-21(23-13-15-8-4-10-27-15)16-12-17(18-9-5-11-28-18)24-22-19(16)20(25-29-22)14-6-2-1-3-7-14/h1-3,5-7,9,11-12,15H,4,8,10,13H2,(H,23,26). The number of carbonyl (C=O) groups excluding carboxylic acids is 1. The molecule has 29 heavy (non-hydrogen) atoms. The largest absolute Gasteiger partial charge is 0.463 e. The van der Waals surface area contributed by atoms with E-state index in [4.69, 9.17) is 13.7 Å². The number of benzene rings is 1. The molecule has 1 unspecified atom stereocenters. The molecule has 1 aromatic carbocycles. The van der Waals surface area contributed by atoms with Crippen molar-refractivity contribution in [2.24, 2.45) is 0 Å². The van der Waals surface area contributed by atoms with Gasteiger partial charge >= 0.3 is 0 Å². The first-order valence-corrected chi connectivity index (χ1v) is 9.59. The lowest BCUT2D eigenvalue weighted by molar-refractivity contribution is 0.0859. The fourth-order valence-electron chi connectivity index (χ4n) is 3.58. The van der Waals surface area contributed by atoms with Crippen LogP contribution in [0.25, 0.3) is 33.8 Å². The predicted molar refractivity (Wildman–Crippen MR) is 106 cm³/mol. The van der Waals surface area contributed by atoms with Gasteiger partial charge in [-0.25, -0.2) is 4.98 Å². The molecule has 1 atom stereocenters. The highest BCUT2D eigenvalue weighted by Crippen LogP contribution is 2.32. The Kier molecular flexibility index (Phi) is 4.57. The lowest BCUT2D eigenvalue weighted by Gasteiger charge is -2.12. The number of rotatable bonds is 5. The lowest BCUT2D eigenvalue weighted by atomic mass is 10.0. The first kappa shape index (κ1) is 17.6. The second kappa shape index (κ2) is 7.52. The Morgan fingerprint density at radius 2 is 2.07 bits per heavy atom. The second-order valence-corrected chi connectivity index (χ2v) is 6.95. The topological polar surface area (TPSA) is 90.4 Å². The molecule has 1 amide bonds. The van der Waals surface area contributed by atoms with Crippen LogP contribution < -0.4 is 5.32 Å². The Morgan fingerprint density at radius 1 is 1.17 bits per heavy atom. The van der Waals surface area contributed by atoms with Crippen LogP contribution in [0.1, 0.15) is 23.2 Å². The van der Waals surface area contributed by atoms with E-state index in [2.05, 4.69) is 15.5 Å². The van der Waals surface area contributed by atoms with Crippen LogP contribution in [0.3, 0.4) is 0 Å². The van der Waals surface area contributed by atoms with Crippen molar-refractivity contribution in [3.05, 3.63) is 60.4 Å². The average Bonchev–Trinajstić information content (AvgIpc) is 3.53. The number of aromatic nitrogens is 2. The third-order valence-corrected chi connectivity index (χ3v) is 5.03. The molecule has 4 aromatic rings. The van der Waals surface area contributed by atoms with Gasteiger partial charge in [-0.3, -0.25) is 4.79 Å². The molecule has 1 aliphatic heterocycles. The molecule has 3 aromatic heterocycles. The van der Waals surface area contributed by atoms with Gasteiger partial charge in [-0.15, -0.1) is 0 Å². The maximum Gasteiger partial charge on any atom is 0.259 e. The van der Waals surface area contributed by atoms with E-state index in [1.54, 1.807) is 24.5 Å². The van der Waals surface area contributed by atoms with Crippen molar-refractivity contribution in [3.8, 4) is 22.7 Å². The van der Waals surface area contributed by atoms with Crippen molar-refractivity contribution in [1.82, 2.24) is 15.5 Å². The third kappa shape index (κ3) is 3.40. The summed E-state index contributed by atoms with van der Waals surface area (Å²) in [4.78, 5) is 17.6. The number of nitrogens with zero attached hydrogens (tertiary/aromatic N) is 2. The van der Waals surface area contributed by atoms with Crippen LogP contribution in [0.4, 0.5) is 0 Å². The average molecular weight is 389 g/mol. The molecular weight excluding hydrogens is 370 g/mol. The lowest BCUT2D eigenvalue weighted by Crippen LogP contribution is -2.32. The summed E-state index contributed by atoms with van der Waals surface area (Å²) in [5.41, 5.74) is 2.69. The molecule has 4 heterocycles. The highest BCUT2D eigenvalue weighted by molar-refractivity contribution is 6.10. The van der Waals surface area contributed by atoms with E-state index in [0.717, 1.165) is 25.0 Å². The Hall–Kier alpha value is -3.45. The Balaban J connectivity index is 1.59. The van der Waals surface area contributed by atoms with Crippen molar-refractivity contribution < 1.29 is 18.5 Å². The van der Waals surface area contributed by atoms with Crippen molar-refractivity contribution >= 4 is 17.0 Å². The number of ether oxygens (including phenoxy) is 1. The molecule has 0 aliphatic carbocycles. The van der Waals surface area contributed by atoms with Crippen molar-refractivity contribution in [2.75, 3.05) is 13.2 Å². The quantitative estimate of drug-likeness (QED) is 0.554. The second-order valence-electron chi connectivity index (χ2n) is 6.95. The summed E-state index contributed by atoms with van der Waals surface area (Å²) in [6.45, 7) is 1.21. The Bertz CT molecular complexity index is 1130. The molecule has 1 N–H and O–H groups in total. The SMILES string of the molecule is O=C(NCC1CCCO1)c1cc(-c2ccco2)nc2onc(-c3ccccc3)c12. The molecular formula is C22H19N3O4. The molecule has 0 radical (unpaired) electrons. The van der Waals surface area contributed by atoms with Gasteiger partial charge in [0.1, 0.15) is 11.4 Å². The zero-order chi connectivity index (χ0) is 19.6. The maximum absolute atomic E-state index is 13.1. The molecule has 5 rings (SSSR count). The molecule has 146 valence electrons. The molecule has 0 saturated carbocycles. The first-order valence-electron chi connectivity index (χ1n) is 9.59. The highest BCUT2D eigenvalue weighted by atomic mass is 16.5. The van der Waals surface area contributed by atoms with Gasteiger partial charge in [0, 0.05) is 18.7 Å². The summed E-state index contributed by atoms with van der Waals surface area (Å²) >= 11 is 0.